The Morgan fingerprint density at radius 1 is 1.64 bits per heavy atom. The Balaban J connectivity index is 2.53. The fourth-order valence-electron chi connectivity index (χ4n) is 0.835. The van der Waals surface area contributed by atoms with E-state index in [1.807, 2.05) is 6.07 Å². The highest BCUT2D eigenvalue weighted by atomic mass is 16.1. The molecular weight excluding hydrogens is 180 g/mol. The maximum atomic E-state index is 10.9. The first-order valence-electron chi connectivity index (χ1n) is 4.07. The van der Waals surface area contributed by atoms with Crippen molar-refractivity contribution in [3.8, 4) is 6.07 Å². The molecule has 0 bridgehead atoms. The summed E-state index contributed by atoms with van der Waals surface area (Å²) in [5.41, 5.74) is 1.07. The number of aromatic nitrogens is 1. The van der Waals surface area contributed by atoms with E-state index >= 15 is 0 Å². The van der Waals surface area contributed by atoms with E-state index in [1.165, 1.54) is 6.20 Å². The van der Waals surface area contributed by atoms with Crippen molar-refractivity contribution in [1.82, 2.24) is 10.3 Å². The van der Waals surface area contributed by atoms with Gasteiger partial charge in [-0.3, -0.25) is 4.79 Å². The molecule has 1 aromatic heterocycles. The number of nitriles is 1. The van der Waals surface area contributed by atoms with Gasteiger partial charge in [-0.1, -0.05) is 0 Å². The molecule has 0 aliphatic rings. The third-order valence-electron chi connectivity index (χ3n) is 1.61. The Hall–Kier alpha value is -2.09. The van der Waals surface area contributed by atoms with E-state index in [0.717, 1.165) is 0 Å². The molecule has 5 heteroatoms. The Morgan fingerprint density at radius 3 is 2.93 bits per heavy atom. The number of hydrogen-bond donors (Lipinski definition) is 2. The van der Waals surface area contributed by atoms with Crippen LogP contribution in [0.5, 0.6) is 0 Å². The fraction of sp³-hybridized carbons (Fsp3) is 0.222. The molecule has 0 atom stereocenters. The highest BCUT2D eigenvalue weighted by Gasteiger charge is 1.97. The van der Waals surface area contributed by atoms with Crippen molar-refractivity contribution in [2.24, 2.45) is 0 Å². The third-order valence-corrected chi connectivity index (χ3v) is 1.61. The first-order chi connectivity index (χ1) is 6.76. The number of carbonyl (C=O) groups excluding carboxylic acids is 1. The maximum absolute atomic E-state index is 10.9. The summed E-state index contributed by atoms with van der Waals surface area (Å²) < 4.78 is 0. The second-order valence-electron chi connectivity index (χ2n) is 2.57. The molecule has 1 aromatic rings. The van der Waals surface area contributed by atoms with Crippen LogP contribution in [0.4, 0.5) is 5.69 Å². The van der Waals surface area contributed by atoms with Crippen LogP contribution in [0.25, 0.3) is 0 Å². The van der Waals surface area contributed by atoms with Gasteiger partial charge in [0, 0.05) is 7.05 Å². The molecule has 0 radical (unpaired) electrons. The van der Waals surface area contributed by atoms with Crippen LogP contribution in [0.2, 0.25) is 0 Å². The van der Waals surface area contributed by atoms with Gasteiger partial charge in [-0.05, 0) is 12.1 Å². The normalized spacial score (nSPS) is 8.86. The maximum Gasteiger partial charge on any atom is 0.239 e. The second kappa shape index (κ2) is 4.82. The molecule has 0 fully saturated rings. The lowest BCUT2D eigenvalue weighted by Gasteiger charge is -2.03. The number of amides is 1. The SMILES string of the molecule is CNC(=O)CNc1ccc(C#N)nc1. The molecule has 0 aromatic carbocycles. The van der Waals surface area contributed by atoms with E-state index in [4.69, 9.17) is 5.26 Å². The van der Waals surface area contributed by atoms with Gasteiger partial charge in [0.2, 0.25) is 5.91 Å². The Morgan fingerprint density at radius 2 is 2.43 bits per heavy atom. The van der Waals surface area contributed by atoms with Gasteiger partial charge < -0.3 is 10.6 Å². The Bertz CT molecular complexity index is 352. The van der Waals surface area contributed by atoms with Crippen molar-refractivity contribution in [2.45, 2.75) is 0 Å². The molecule has 2 N–H and O–H groups in total. The molecule has 14 heavy (non-hydrogen) atoms. The van der Waals surface area contributed by atoms with Crippen LogP contribution in [0, 0.1) is 11.3 Å². The molecule has 1 amide bonds. The molecule has 0 saturated carbocycles. The minimum absolute atomic E-state index is 0.102. The quantitative estimate of drug-likeness (QED) is 0.709. The van der Waals surface area contributed by atoms with Gasteiger partial charge in [0.05, 0.1) is 18.4 Å². The van der Waals surface area contributed by atoms with Gasteiger partial charge in [-0.15, -0.1) is 0 Å². The molecule has 72 valence electrons. The molecule has 1 rings (SSSR count). The van der Waals surface area contributed by atoms with Crippen LogP contribution < -0.4 is 10.6 Å². The monoisotopic (exact) mass is 190 g/mol. The second-order valence-corrected chi connectivity index (χ2v) is 2.57. The van der Waals surface area contributed by atoms with Gasteiger partial charge in [0.1, 0.15) is 11.8 Å². The highest BCUT2D eigenvalue weighted by Crippen LogP contribution is 2.04. The molecule has 0 unspecified atom stereocenters. The zero-order valence-electron chi connectivity index (χ0n) is 7.74. The van der Waals surface area contributed by atoms with Crippen molar-refractivity contribution in [1.29, 1.82) is 5.26 Å². The first-order valence-corrected chi connectivity index (χ1v) is 4.07. The standard InChI is InChI=1S/C9H10N4O/c1-11-9(14)6-13-8-3-2-7(4-10)12-5-8/h2-3,5,13H,6H2,1H3,(H,11,14). The zero-order chi connectivity index (χ0) is 10.4. The number of rotatable bonds is 3. The predicted octanol–water partition coefficient (Wildman–Crippen LogP) is 0.111. The Labute approximate surface area is 81.8 Å². The fourth-order valence-corrected chi connectivity index (χ4v) is 0.835. The van der Waals surface area contributed by atoms with Gasteiger partial charge in [0.15, 0.2) is 0 Å². The van der Waals surface area contributed by atoms with E-state index in [-0.39, 0.29) is 12.5 Å². The summed E-state index contributed by atoms with van der Waals surface area (Å²) in [6.07, 6.45) is 1.52. The molecule has 5 nitrogen and oxygen atoms in total. The number of anilines is 1. The van der Waals surface area contributed by atoms with Crippen molar-refractivity contribution in [3.05, 3.63) is 24.0 Å². The summed E-state index contributed by atoms with van der Waals surface area (Å²) in [6.45, 7) is 0.198. The van der Waals surface area contributed by atoms with E-state index in [1.54, 1.807) is 19.2 Å². The minimum Gasteiger partial charge on any atom is -0.375 e. The lowest BCUT2D eigenvalue weighted by atomic mass is 10.3. The van der Waals surface area contributed by atoms with Gasteiger partial charge in [0.25, 0.3) is 0 Å². The minimum atomic E-state index is -0.102. The number of nitrogens with one attached hydrogen (secondary N) is 2. The molecule has 1 heterocycles. The summed E-state index contributed by atoms with van der Waals surface area (Å²) in [5.74, 6) is -0.102. The largest absolute Gasteiger partial charge is 0.375 e. The summed E-state index contributed by atoms with van der Waals surface area (Å²) in [5, 5.41) is 13.8. The predicted molar refractivity (Wildman–Crippen MR) is 51.5 cm³/mol. The van der Waals surface area contributed by atoms with Crippen LogP contribution in [-0.2, 0) is 4.79 Å². The van der Waals surface area contributed by atoms with E-state index in [0.29, 0.717) is 11.4 Å². The van der Waals surface area contributed by atoms with Gasteiger partial charge in [-0.2, -0.15) is 5.26 Å². The zero-order valence-corrected chi connectivity index (χ0v) is 7.74. The molecule has 0 aliphatic carbocycles. The molecule has 0 saturated heterocycles. The summed E-state index contributed by atoms with van der Waals surface area (Å²) in [6, 6.07) is 5.20. The lowest BCUT2D eigenvalue weighted by Crippen LogP contribution is -2.26. The molecule has 0 aliphatic heterocycles. The smallest absolute Gasteiger partial charge is 0.239 e. The molecule has 0 spiro atoms. The van der Waals surface area contributed by atoms with Crippen LogP contribution in [0.3, 0.4) is 0 Å². The average molecular weight is 190 g/mol. The van der Waals surface area contributed by atoms with E-state index in [2.05, 4.69) is 15.6 Å². The van der Waals surface area contributed by atoms with E-state index < -0.39 is 0 Å². The van der Waals surface area contributed by atoms with Crippen molar-refractivity contribution < 1.29 is 4.79 Å². The number of pyridine rings is 1. The number of carbonyl (C=O) groups is 1. The van der Waals surface area contributed by atoms with Crippen LogP contribution >= 0.6 is 0 Å². The van der Waals surface area contributed by atoms with Crippen molar-refractivity contribution in [3.63, 3.8) is 0 Å². The van der Waals surface area contributed by atoms with E-state index in [9.17, 15) is 4.79 Å². The summed E-state index contributed by atoms with van der Waals surface area (Å²) in [7, 11) is 1.57. The lowest BCUT2D eigenvalue weighted by molar-refractivity contribution is -0.118. The van der Waals surface area contributed by atoms with Crippen LogP contribution in [0.1, 0.15) is 5.69 Å². The van der Waals surface area contributed by atoms with Crippen LogP contribution in [-0.4, -0.2) is 24.5 Å². The number of nitrogens with zero attached hydrogens (tertiary/aromatic N) is 2. The van der Waals surface area contributed by atoms with Gasteiger partial charge in [-0.25, -0.2) is 4.98 Å². The number of likely N-dealkylation sites (N-methyl/N-ethyl adjacent to an activating group) is 1. The topological polar surface area (TPSA) is 77.8 Å². The first kappa shape index (κ1) is 9.99. The number of hydrogen-bond acceptors (Lipinski definition) is 4. The average Bonchev–Trinajstić information content (AvgIpc) is 2.26. The van der Waals surface area contributed by atoms with Crippen molar-refractivity contribution in [2.75, 3.05) is 18.9 Å². The van der Waals surface area contributed by atoms with Gasteiger partial charge >= 0.3 is 0 Å². The summed E-state index contributed by atoms with van der Waals surface area (Å²) in [4.78, 5) is 14.7. The third kappa shape index (κ3) is 2.75. The van der Waals surface area contributed by atoms with Crippen LogP contribution in [0.15, 0.2) is 18.3 Å². The highest BCUT2D eigenvalue weighted by molar-refractivity contribution is 5.80. The summed E-state index contributed by atoms with van der Waals surface area (Å²) >= 11 is 0. The van der Waals surface area contributed by atoms with Crippen molar-refractivity contribution >= 4 is 11.6 Å². The Kier molecular flexibility index (Phi) is 3.44. The molecular formula is C9H10N4O.